The van der Waals surface area contributed by atoms with E-state index in [4.69, 9.17) is 14.6 Å². The highest BCUT2D eigenvalue weighted by Crippen LogP contribution is 2.23. The number of hydrogen-bond donors (Lipinski definition) is 1. The molecule has 1 aliphatic heterocycles. The summed E-state index contributed by atoms with van der Waals surface area (Å²) in [5.41, 5.74) is 0. The third kappa shape index (κ3) is 7.52. The first-order valence-corrected chi connectivity index (χ1v) is 10.3. The number of nitrogens with zero attached hydrogens (tertiary/aromatic N) is 2. The van der Waals surface area contributed by atoms with E-state index in [0.29, 0.717) is 12.6 Å². The third-order valence-corrected chi connectivity index (χ3v) is 5.30. The van der Waals surface area contributed by atoms with Gasteiger partial charge >= 0.3 is 5.97 Å². The highest BCUT2D eigenvalue weighted by molar-refractivity contribution is 5.85. The van der Waals surface area contributed by atoms with Crippen LogP contribution in [0.15, 0.2) is 54.6 Å². The van der Waals surface area contributed by atoms with Crippen LogP contribution in [0.3, 0.4) is 0 Å². The van der Waals surface area contributed by atoms with Gasteiger partial charge in [0.25, 0.3) is 0 Å². The van der Waals surface area contributed by atoms with E-state index in [0.717, 1.165) is 56.3 Å². The minimum absolute atomic E-state index is 0. The summed E-state index contributed by atoms with van der Waals surface area (Å²) in [6.07, 6.45) is 2.01. The van der Waals surface area contributed by atoms with Gasteiger partial charge in [-0.05, 0) is 68.9 Å². The smallest absolute Gasteiger partial charge is 0.317 e. The Bertz CT molecular complexity index is 750. The molecule has 0 bridgehead atoms. The average molecular weight is 435 g/mol. The topological polar surface area (TPSA) is 62.2 Å². The van der Waals surface area contributed by atoms with Gasteiger partial charge in [-0.3, -0.25) is 14.6 Å². The number of piperidine rings is 1. The van der Waals surface area contributed by atoms with E-state index < -0.39 is 5.97 Å². The van der Waals surface area contributed by atoms with Gasteiger partial charge in [-0.1, -0.05) is 25.1 Å². The zero-order valence-electron chi connectivity index (χ0n) is 17.4. The van der Waals surface area contributed by atoms with E-state index in [-0.39, 0.29) is 19.0 Å². The number of para-hydroxylation sites is 1. The van der Waals surface area contributed by atoms with Crippen molar-refractivity contribution in [2.24, 2.45) is 0 Å². The molecule has 1 saturated heterocycles. The molecule has 1 aliphatic rings. The van der Waals surface area contributed by atoms with E-state index in [1.165, 1.54) is 0 Å². The number of ether oxygens (including phenoxy) is 2. The van der Waals surface area contributed by atoms with Crippen molar-refractivity contribution in [3.63, 3.8) is 0 Å². The van der Waals surface area contributed by atoms with Gasteiger partial charge in [0.15, 0.2) is 0 Å². The first kappa shape index (κ1) is 24.0. The van der Waals surface area contributed by atoms with Crippen LogP contribution >= 0.6 is 12.4 Å². The number of carboxylic acid groups (broad SMARTS) is 1. The zero-order valence-corrected chi connectivity index (χ0v) is 18.2. The second-order valence-electron chi connectivity index (χ2n) is 7.26. The number of hydrogen-bond acceptors (Lipinski definition) is 5. The Balaban J connectivity index is 0.00000320. The number of likely N-dealkylation sites (tertiary alicyclic amines) is 1. The molecule has 0 aromatic heterocycles. The monoisotopic (exact) mass is 434 g/mol. The molecule has 2 aromatic carbocycles. The van der Waals surface area contributed by atoms with Gasteiger partial charge in [0.1, 0.15) is 23.9 Å². The lowest BCUT2D eigenvalue weighted by molar-refractivity contribution is -0.139. The first-order chi connectivity index (χ1) is 14.1. The van der Waals surface area contributed by atoms with Crippen molar-refractivity contribution in [3.05, 3.63) is 54.6 Å². The minimum atomic E-state index is -0.747. The zero-order chi connectivity index (χ0) is 20.5. The summed E-state index contributed by atoms with van der Waals surface area (Å²) < 4.78 is 11.7. The summed E-state index contributed by atoms with van der Waals surface area (Å²) in [5, 5.41) is 9.04. The third-order valence-electron chi connectivity index (χ3n) is 5.30. The van der Waals surface area contributed by atoms with Crippen molar-refractivity contribution < 1.29 is 19.4 Å². The van der Waals surface area contributed by atoms with Crippen LogP contribution in [0.2, 0.25) is 0 Å². The average Bonchev–Trinajstić information content (AvgIpc) is 2.74. The number of benzene rings is 2. The fraction of sp³-hybridized carbons (Fsp3) is 0.435. The van der Waals surface area contributed by atoms with Crippen LogP contribution < -0.4 is 9.47 Å². The molecule has 1 N–H and O–H groups in total. The summed E-state index contributed by atoms with van der Waals surface area (Å²) in [4.78, 5) is 15.4. The maximum Gasteiger partial charge on any atom is 0.317 e. The Kier molecular flexibility index (Phi) is 9.94. The van der Waals surface area contributed by atoms with Crippen LogP contribution in [0, 0.1) is 0 Å². The number of rotatable bonds is 10. The molecule has 6 nitrogen and oxygen atoms in total. The Morgan fingerprint density at radius 3 is 2.23 bits per heavy atom. The predicted molar refractivity (Wildman–Crippen MR) is 120 cm³/mol. The number of halogens is 1. The van der Waals surface area contributed by atoms with Crippen LogP contribution in [-0.2, 0) is 4.79 Å². The lowest BCUT2D eigenvalue weighted by Crippen LogP contribution is -2.47. The molecule has 0 aliphatic carbocycles. The summed E-state index contributed by atoms with van der Waals surface area (Å²) >= 11 is 0. The van der Waals surface area contributed by atoms with Crippen LogP contribution in [0.5, 0.6) is 17.2 Å². The minimum Gasteiger partial charge on any atom is -0.492 e. The molecular formula is C23H31ClN2O4. The van der Waals surface area contributed by atoms with Crippen LogP contribution in [0.4, 0.5) is 0 Å². The molecule has 7 heteroatoms. The first-order valence-electron chi connectivity index (χ1n) is 10.3. The lowest BCUT2D eigenvalue weighted by Gasteiger charge is -2.37. The molecule has 3 rings (SSSR count). The summed E-state index contributed by atoms with van der Waals surface area (Å²) in [7, 11) is 0. The molecule has 0 saturated carbocycles. The molecule has 0 atom stereocenters. The van der Waals surface area contributed by atoms with E-state index in [2.05, 4.69) is 9.80 Å². The Hall–Kier alpha value is -2.28. The second kappa shape index (κ2) is 12.4. The summed E-state index contributed by atoms with van der Waals surface area (Å²) in [6, 6.07) is 17.7. The predicted octanol–water partition coefficient (Wildman–Crippen LogP) is 4.15. The molecule has 30 heavy (non-hydrogen) atoms. The van der Waals surface area contributed by atoms with Gasteiger partial charge in [-0.25, -0.2) is 0 Å². The lowest BCUT2D eigenvalue weighted by atomic mass is 10.0. The van der Waals surface area contributed by atoms with Crippen molar-refractivity contribution in [1.29, 1.82) is 0 Å². The van der Waals surface area contributed by atoms with Crippen molar-refractivity contribution in [2.45, 2.75) is 25.8 Å². The maximum atomic E-state index is 11.0. The Morgan fingerprint density at radius 1 is 1.03 bits per heavy atom. The molecule has 0 radical (unpaired) electrons. The second-order valence-corrected chi connectivity index (χ2v) is 7.26. The Morgan fingerprint density at radius 2 is 1.63 bits per heavy atom. The maximum absolute atomic E-state index is 11.0. The molecular weight excluding hydrogens is 404 g/mol. The van der Waals surface area contributed by atoms with Crippen molar-refractivity contribution in [2.75, 3.05) is 39.3 Å². The van der Waals surface area contributed by atoms with Crippen molar-refractivity contribution in [3.8, 4) is 17.2 Å². The number of aliphatic carboxylic acids is 1. The number of likely N-dealkylation sites (N-methyl/N-ethyl adjacent to an activating group) is 1. The van der Waals surface area contributed by atoms with Crippen molar-refractivity contribution in [1.82, 2.24) is 9.80 Å². The number of carbonyl (C=O) groups is 1. The van der Waals surface area contributed by atoms with E-state index in [1.807, 2.05) is 61.5 Å². The van der Waals surface area contributed by atoms with E-state index in [1.54, 1.807) is 0 Å². The van der Waals surface area contributed by atoms with Crippen LogP contribution in [-0.4, -0.2) is 66.2 Å². The molecule has 164 valence electrons. The van der Waals surface area contributed by atoms with Crippen LogP contribution in [0.25, 0.3) is 0 Å². The van der Waals surface area contributed by atoms with Crippen molar-refractivity contribution >= 4 is 18.4 Å². The molecule has 1 heterocycles. The van der Waals surface area contributed by atoms with Gasteiger partial charge in [0.2, 0.25) is 0 Å². The fourth-order valence-corrected chi connectivity index (χ4v) is 3.70. The molecule has 0 unspecified atom stereocenters. The summed E-state index contributed by atoms with van der Waals surface area (Å²) in [6.45, 7) is 6.41. The van der Waals surface area contributed by atoms with E-state index in [9.17, 15) is 4.79 Å². The SMILES string of the molecule is CCN(CC(=O)O)C1CCN(CCOc2ccc(Oc3ccccc3)cc2)CC1.Cl. The summed E-state index contributed by atoms with van der Waals surface area (Å²) in [5.74, 6) is 1.68. The molecule has 0 amide bonds. The molecule has 1 fully saturated rings. The van der Waals surface area contributed by atoms with E-state index >= 15 is 0 Å². The van der Waals surface area contributed by atoms with Gasteiger partial charge in [-0.2, -0.15) is 0 Å². The highest BCUT2D eigenvalue weighted by Gasteiger charge is 2.24. The normalized spacial score (nSPS) is 14.9. The molecule has 0 spiro atoms. The quantitative estimate of drug-likeness (QED) is 0.606. The standard InChI is InChI=1S/C23H30N2O4.ClH/c1-2-25(18-23(26)27)19-12-14-24(15-13-19)16-17-28-20-8-10-22(11-9-20)29-21-6-4-3-5-7-21;/h3-11,19H,2,12-18H2,1H3,(H,26,27);1H. The largest absolute Gasteiger partial charge is 0.492 e. The van der Waals surface area contributed by atoms with Gasteiger partial charge in [0, 0.05) is 12.6 Å². The Labute approximate surface area is 184 Å². The molecule has 2 aromatic rings. The van der Waals surface area contributed by atoms with Gasteiger partial charge < -0.3 is 14.6 Å². The fourth-order valence-electron chi connectivity index (χ4n) is 3.70. The number of carboxylic acids is 1. The van der Waals surface area contributed by atoms with Gasteiger partial charge in [0.05, 0.1) is 6.54 Å². The van der Waals surface area contributed by atoms with Crippen LogP contribution in [0.1, 0.15) is 19.8 Å². The van der Waals surface area contributed by atoms with Gasteiger partial charge in [-0.15, -0.1) is 12.4 Å². The highest BCUT2D eigenvalue weighted by atomic mass is 35.5.